The zero-order valence-electron chi connectivity index (χ0n) is 12.2. The summed E-state index contributed by atoms with van der Waals surface area (Å²) >= 11 is 0. The van der Waals surface area contributed by atoms with Crippen LogP contribution in [0.25, 0.3) is 11.4 Å². The van der Waals surface area contributed by atoms with Gasteiger partial charge in [-0.05, 0) is 18.9 Å². The van der Waals surface area contributed by atoms with E-state index in [1.165, 1.54) is 11.8 Å². The minimum Gasteiger partial charge on any atom is -0.462 e. The lowest BCUT2D eigenvalue weighted by Gasteiger charge is -2.04. The van der Waals surface area contributed by atoms with E-state index in [0.29, 0.717) is 5.82 Å². The number of carbonyl (C=O) groups excluding carboxylic acids is 1. The number of benzene rings is 1. The fraction of sp³-hybridized carbons (Fsp3) is 0.312. The zero-order valence-corrected chi connectivity index (χ0v) is 12.2. The standard InChI is InChI=1S/C16H18N2O3/c1-3-5-11-6-8-12(9-7-11)14-17-10-13(15(19)18-14)16(20)21-4-2/h6-10H,3-5H2,1-2H3,(H,17,18,19). The van der Waals surface area contributed by atoms with E-state index in [0.717, 1.165) is 18.4 Å². The van der Waals surface area contributed by atoms with Crippen molar-refractivity contribution in [1.29, 1.82) is 0 Å². The SMILES string of the molecule is CCCc1ccc(-c2ncc(C(=O)OCC)c(=O)[nH]2)cc1. The van der Waals surface area contributed by atoms with Crippen molar-refractivity contribution in [3.63, 3.8) is 0 Å². The smallest absolute Gasteiger partial charge is 0.345 e. The molecule has 21 heavy (non-hydrogen) atoms. The van der Waals surface area contributed by atoms with Crippen molar-refractivity contribution in [2.45, 2.75) is 26.7 Å². The van der Waals surface area contributed by atoms with Gasteiger partial charge in [-0.2, -0.15) is 0 Å². The Morgan fingerprint density at radius 2 is 1.95 bits per heavy atom. The van der Waals surface area contributed by atoms with Crippen molar-refractivity contribution >= 4 is 5.97 Å². The highest BCUT2D eigenvalue weighted by Gasteiger charge is 2.13. The van der Waals surface area contributed by atoms with Crippen LogP contribution in [0.2, 0.25) is 0 Å². The lowest BCUT2D eigenvalue weighted by Crippen LogP contribution is -2.20. The highest BCUT2D eigenvalue weighted by molar-refractivity contribution is 5.88. The maximum absolute atomic E-state index is 11.9. The number of hydrogen-bond donors (Lipinski definition) is 1. The summed E-state index contributed by atoms with van der Waals surface area (Å²) in [5.74, 6) is -0.216. The second-order valence-electron chi connectivity index (χ2n) is 4.64. The van der Waals surface area contributed by atoms with Gasteiger partial charge in [-0.15, -0.1) is 0 Å². The van der Waals surface area contributed by atoms with Gasteiger partial charge in [0.15, 0.2) is 0 Å². The zero-order chi connectivity index (χ0) is 15.2. The number of esters is 1. The quantitative estimate of drug-likeness (QED) is 0.857. The number of rotatable bonds is 5. The molecule has 0 radical (unpaired) electrons. The maximum Gasteiger partial charge on any atom is 0.345 e. The van der Waals surface area contributed by atoms with Crippen LogP contribution in [0.5, 0.6) is 0 Å². The number of nitrogens with one attached hydrogen (secondary N) is 1. The third kappa shape index (κ3) is 3.56. The average Bonchev–Trinajstić information content (AvgIpc) is 2.48. The number of H-pyrrole nitrogens is 1. The molecular weight excluding hydrogens is 268 g/mol. The number of ether oxygens (including phenoxy) is 1. The molecule has 0 spiro atoms. The van der Waals surface area contributed by atoms with Crippen molar-refractivity contribution in [2.24, 2.45) is 0 Å². The molecule has 5 nitrogen and oxygen atoms in total. The Morgan fingerprint density at radius 1 is 1.24 bits per heavy atom. The lowest BCUT2D eigenvalue weighted by atomic mass is 10.1. The van der Waals surface area contributed by atoms with Crippen LogP contribution in [0.3, 0.4) is 0 Å². The van der Waals surface area contributed by atoms with Crippen LogP contribution >= 0.6 is 0 Å². The molecule has 5 heteroatoms. The van der Waals surface area contributed by atoms with E-state index in [2.05, 4.69) is 16.9 Å². The fourth-order valence-corrected chi connectivity index (χ4v) is 2.01. The first kappa shape index (κ1) is 15.0. The summed E-state index contributed by atoms with van der Waals surface area (Å²) in [5, 5.41) is 0. The number of nitrogens with zero attached hydrogens (tertiary/aromatic N) is 1. The van der Waals surface area contributed by atoms with E-state index in [4.69, 9.17) is 4.74 Å². The summed E-state index contributed by atoms with van der Waals surface area (Å²) in [6.07, 6.45) is 3.36. The Labute approximate surface area is 123 Å². The largest absolute Gasteiger partial charge is 0.462 e. The minimum absolute atomic E-state index is 0.0804. The molecule has 0 atom stereocenters. The van der Waals surface area contributed by atoms with Crippen molar-refractivity contribution in [3.05, 3.63) is 51.9 Å². The van der Waals surface area contributed by atoms with Crippen molar-refractivity contribution in [1.82, 2.24) is 9.97 Å². The molecular formula is C16H18N2O3. The van der Waals surface area contributed by atoms with Gasteiger partial charge in [0.1, 0.15) is 11.4 Å². The van der Waals surface area contributed by atoms with Crippen LogP contribution < -0.4 is 5.56 Å². The van der Waals surface area contributed by atoms with Gasteiger partial charge < -0.3 is 9.72 Å². The normalized spacial score (nSPS) is 10.4. The minimum atomic E-state index is -0.656. The van der Waals surface area contributed by atoms with E-state index in [9.17, 15) is 9.59 Å². The topological polar surface area (TPSA) is 72.0 Å². The summed E-state index contributed by atoms with van der Waals surface area (Å²) < 4.78 is 4.80. The number of aromatic nitrogens is 2. The van der Waals surface area contributed by atoms with E-state index in [1.807, 2.05) is 24.3 Å². The molecule has 0 amide bonds. The van der Waals surface area contributed by atoms with Crippen LogP contribution in [0, 0.1) is 0 Å². The molecule has 0 saturated carbocycles. The van der Waals surface area contributed by atoms with Crippen LogP contribution in [-0.4, -0.2) is 22.5 Å². The third-order valence-electron chi connectivity index (χ3n) is 3.06. The average molecular weight is 286 g/mol. The van der Waals surface area contributed by atoms with E-state index < -0.39 is 11.5 Å². The molecule has 0 unspecified atom stereocenters. The second kappa shape index (κ2) is 6.83. The fourth-order valence-electron chi connectivity index (χ4n) is 2.01. The molecule has 0 aliphatic carbocycles. The Balaban J connectivity index is 2.27. The number of aromatic amines is 1. The molecule has 1 aromatic heterocycles. The first-order valence-electron chi connectivity index (χ1n) is 7.01. The number of carbonyl (C=O) groups is 1. The molecule has 1 N–H and O–H groups in total. The van der Waals surface area contributed by atoms with E-state index in [-0.39, 0.29) is 12.2 Å². The van der Waals surface area contributed by atoms with Crippen LogP contribution in [0.4, 0.5) is 0 Å². The Hall–Kier alpha value is -2.43. The van der Waals surface area contributed by atoms with Crippen LogP contribution in [0.15, 0.2) is 35.3 Å². The molecule has 2 aromatic rings. The van der Waals surface area contributed by atoms with Gasteiger partial charge in [0, 0.05) is 11.8 Å². The number of hydrogen-bond acceptors (Lipinski definition) is 4. The summed E-state index contributed by atoms with van der Waals surface area (Å²) in [4.78, 5) is 30.2. The highest BCUT2D eigenvalue weighted by atomic mass is 16.5. The van der Waals surface area contributed by atoms with E-state index >= 15 is 0 Å². The maximum atomic E-state index is 11.9. The van der Waals surface area contributed by atoms with Crippen LogP contribution in [0.1, 0.15) is 36.2 Å². The van der Waals surface area contributed by atoms with Gasteiger partial charge in [-0.25, -0.2) is 9.78 Å². The predicted octanol–water partition coefficient (Wildman–Crippen LogP) is 2.57. The Morgan fingerprint density at radius 3 is 2.52 bits per heavy atom. The molecule has 0 aliphatic heterocycles. The third-order valence-corrected chi connectivity index (χ3v) is 3.06. The molecule has 110 valence electrons. The highest BCUT2D eigenvalue weighted by Crippen LogP contribution is 2.15. The molecule has 0 saturated heterocycles. The Bertz CT molecular complexity index is 675. The molecule has 0 fully saturated rings. The van der Waals surface area contributed by atoms with E-state index in [1.54, 1.807) is 6.92 Å². The summed E-state index contributed by atoms with van der Waals surface area (Å²) in [7, 11) is 0. The molecule has 2 rings (SSSR count). The van der Waals surface area contributed by atoms with Gasteiger partial charge in [-0.1, -0.05) is 37.6 Å². The van der Waals surface area contributed by atoms with Gasteiger partial charge in [0.05, 0.1) is 6.61 Å². The van der Waals surface area contributed by atoms with Crippen molar-refractivity contribution < 1.29 is 9.53 Å². The first-order valence-corrected chi connectivity index (χ1v) is 7.01. The number of aryl methyl sites for hydroxylation is 1. The van der Waals surface area contributed by atoms with Gasteiger partial charge in [0.25, 0.3) is 5.56 Å². The van der Waals surface area contributed by atoms with Crippen molar-refractivity contribution in [3.8, 4) is 11.4 Å². The Kier molecular flexibility index (Phi) is 4.87. The van der Waals surface area contributed by atoms with Crippen molar-refractivity contribution in [2.75, 3.05) is 6.61 Å². The monoisotopic (exact) mass is 286 g/mol. The molecule has 1 aromatic carbocycles. The molecule has 1 heterocycles. The summed E-state index contributed by atoms with van der Waals surface area (Å²) in [6, 6.07) is 7.84. The van der Waals surface area contributed by atoms with Gasteiger partial charge in [0.2, 0.25) is 0 Å². The van der Waals surface area contributed by atoms with Crippen LogP contribution in [-0.2, 0) is 11.2 Å². The lowest BCUT2D eigenvalue weighted by molar-refractivity contribution is 0.0524. The molecule has 0 bridgehead atoms. The van der Waals surface area contributed by atoms with Gasteiger partial charge in [-0.3, -0.25) is 4.79 Å². The predicted molar refractivity (Wildman–Crippen MR) is 80.2 cm³/mol. The molecule has 0 aliphatic rings. The summed E-state index contributed by atoms with van der Waals surface area (Å²) in [6.45, 7) is 4.03. The first-order chi connectivity index (χ1) is 10.2. The van der Waals surface area contributed by atoms with Gasteiger partial charge >= 0.3 is 5.97 Å². The second-order valence-corrected chi connectivity index (χ2v) is 4.64. The summed E-state index contributed by atoms with van der Waals surface area (Å²) in [5.41, 5.74) is 1.48.